The molecule has 0 saturated carbocycles. The van der Waals surface area contributed by atoms with Crippen LogP contribution < -0.4 is 10.4 Å². The minimum absolute atomic E-state index is 0.106. The minimum Gasteiger partial charge on any atom is -0.463 e. The van der Waals surface area contributed by atoms with E-state index >= 15 is 0 Å². The first kappa shape index (κ1) is 29.8. The van der Waals surface area contributed by atoms with E-state index in [1.807, 2.05) is 32.0 Å². The number of anilines is 1. The van der Waals surface area contributed by atoms with Gasteiger partial charge in [-0.2, -0.15) is 14.4 Å². The maximum absolute atomic E-state index is 13.8. The summed E-state index contributed by atoms with van der Waals surface area (Å²) in [5.74, 6) is -0.544. The molecule has 0 unspecified atom stereocenters. The lowest BCUT2D eigenvalue weighted by molar-refractivity contribution is 0.0987. The van der Waals surface area contributed by atoms with Crippen molar-refractivity contribution >= 4 is 75.7 Å². The Kier molecular flexibility index (Phi) is 8.97. The zero-order valence-corrected chi connectivity index (χ0v) is 26.1. The Morgan fingerprint density at radius 1 is 1.05 bits per heavy atom. The van der Waals surface area contributed by atoms with Crippen LogP contribution in [-0.4, -0.2) is 42.9 Å². The predicted molar refractivity (Wildman–Crippen MR) is 170 cm³/mol. The minimum atomic E-state index is -3.71. The van der Waals surface area contributed by atoms with Crippen molar-refractivity contribution in [1.82, 2.24) is 9.29 Å². The lowest BCUT2D eigenvalue weighted by Gasteiger charge is -2.21. The van der Waals surface area contributed by atoms with Crippen LogP contribution in [-0.2, 0) is 10.0 Å². The topological polar surface area (TPSA) is 113 Å². The van der Waals surface area contributed by atoms with Gasteiger partial charge >= 0.3 is 0 Å². The molecule has 9 nitrogen and oxygen atoms in total. The maximum atomic E-state index is 13.8. The van der Waals surface area contributed by atoms with E-state index in [4.69, 9.17) is 4.42 Å². The highest BCUT2D eigenvalue weighted by Gasteiger charge is 2.25. The molecule has 0 radical (unpaired) electrons. The van der Waals surface area contributed by atoms with Gasteiger partial charge in [0.05, 0.1) is 32.3 Å². The molecule has 12 heteroatoms. The third-order valence-corrected chi connectivity index (χ3v) is 9.82. The molecule has 5 rings (SSSR count). The number of fused-ring (bicyclic) bond motifs is 2. The second-order valence-electron chi connectivity index (χ2n) is 9.41. The number of hydrazone groups is 1. The van der Waals surface area contributed by atoms with Gasteiger partial charge in [0, 0.05) is 23.1 Å². The highest BCUT2D eigenvalue weighted by atomic mass is 79.9. The molecule has 1 amide bonds. The highest BCUT2D eigenvalue weighted by Crippen LogP contribution is 2.32. The Morgan fingerprint density at radius 3 is 2.48 bits per heavy atom. The van der Waals surface area contributed by atoms with E-state index in [1.54, 1.807) is 24.3 Å². The summed E-state index contributed by atoms with van der Waals surface area (Å²) in [6, 6.07) is 18.2. The lowest BCUT2D eigenvalue weighted by atomic mass is 10.2. The molecule has 0 fully saturated rings. The van der Waals surface area contributed by atoms with Crippen molar-refractivity contribution in [3.8, 4) is 0 Å². The van der Waals surface area contributed by atoms with Gasteiger partial charge in [0.15, 0.2) is 0 Å². The van der Waals surface area contributed by atoms with Crippen LogP contribution in [0, 0.1) is 0 Å². The normalized spacial score (nSPS) is 12.1. The smallest absolute Gasteiger partial charge is 0.280 e. The number of hydrogen-bond donors (Lipinski definition) is 0. The maximum Gasteiger partial charge on any atom is 0.280 e. The molecule has 42 heavy (non-hydrogen) atoms. The zero-order chi connectivity index (χ0) is 29.9. The molecule has 0 atom stereocenters. The summed E-state index contributed by atoms with van der Waals surface area (Å²) in [4.78, 5) is 31.6. The largest absolute Gasteiger partial charge is 0.463 e. The van der Waals surface area contributed by atoms with Crippen LogP contribution in [0.4, 0.5) is 5.13 Å². The van der Waals surface area contributed by atoms with Crippen molar-refractivity contribution in [3.05, 3.63) is 98.8 Å². The average molecular weight is 668 g/mol. The van der Waals surface area contributed by atoms with Gasteiger partial charge in [0.25, 0.3) is 5.91 Å². The van der Waals surface area contributed by atoms with Crippen LogP contribution in [0.5, 0.6) is 0 Å². The monoisotopic (exact) mass is 666 g/mol. The second kappa shape index (κ2) is 12.7. The van der Waals surface area contributed by atoms with Gasteiger partial charge in [-0.05, 0) is 67.4 Å². The van der Waals surface area contributed by atoms with Crippen LogP contribution >= 0.6 is 27.3 Å². The van der Waals surface area contributed by atoms with Gasteiger partial charge in [-0.15, -0.1) is 0 Å². The van der Waals surface area contributed by atoms with Crippen molar-refractivity contribution < 1.29 is 17.6 Å². The van der Waals surface area contributed by atoms with E-state index in [0.717, 1.165) is 14.2 Å². The number of carbonyl (C=O) groups excluding carboxylic acids is 1. The number of nitrogens with zero attached hydrogens (tertiary/aromatic N) is 4. The van der Waals surface area contributed by atoms with Crippen LogP contribution in [0.1, 0.15) is 42.6 Å². The highest BCUT2D eigenvalue weighted by molar-refractivity contribution is 9.10. The van der Waals surface area contributed by atoms with E-state index in [9.17, 15) is 18.0 Å². The zero-order valence-electron chi connectivity index (χ0n) is 22.9. The van der Waals surface area contributed by atoms with Gasteiger partial charge in [-0.25, -0.2) is 13.4 Å². The third-order valence-electron chi connectivity index (χ3n) is 6.42. The molecule has 0 spiro atoms. The van der Waals surface area contributed by atoms with Gasteiger partial charge in [0.2, 0.25) is 20.6 Å². The Balaban J connectivity index is 1.53. The molecule has 0 N–H and O–H groups in total. The summed E-state index contributed by atoms with van der Waals surface area (Å²) in [5.41, 5.74) is 1.18. The summed E-state index contributed by atoms with van der Waals surface area (Å²) < 4.78 is 35.2. The quantitative estimate of drug-likeness (QED) is 0.122. The molecular formula is C30H27BrN4O5S2. The Bertz CT molecular complexity index is 1950. The van der Waals surface area contributed by atoms with Crippen LogP contribution in [0.2, 0.25) is 0 Å². The number of rotatable bonds is 10. The number of thiazole rings is 1. The molecule has 0 aliphatic heterocycles. The summed E-state index contributed by atoms with van der Waals surface area (Å²) in [5, 5.41) is 6.16. The van der Waals surface area contributed by atoms with Crippen LogP contribution in [0.3, 0.4) is 0 Å². The molecule has 0 bridgehead atoms. The molecule has 2 aromatic heterocycles. The Labute approximate surface area is 255 Å². The van der Waals surface area contributed by atoms with E-state index in [2.05, 4.69) is 26.0 Å². The van der Waals surface area contributed by atoms with E-state index in [1.165, 1.54) is 52.4 Å². The Hall–Kier alpha value is -3.71. The number of amides is 1. The second-order valence-corrected chi connectivity index (χ2v) is 13.3. The van der Waals surface area contributed by atoms with E-state index in [-0.39, 0.29) is 26.6 Å². The summed E-state index contributed by atoms with van der Waals surface area (Å²) >= 11 is 4.71. The van der Waals surface area contributed by atoms with E-state index in [0.29, 0.717) is 42.4 Å². The molecular weight excluding hydrogens is 640 g/mol. The third kappa shape index (κ3) is 6.07. The average Bonchev–Trinajstić information content (AvgIpc) is 3.41. The number of halogens is 1. The van der Waals surface area contributed by atoms with Crippen molar-refractivity contribution in [1.29, 1.82) is 0 Å². The molecule has 0 aliphatic rings. The molecule has 5 aromatic rings. The fourth-order valence-electron chi connectivity index (χ4n) is 4.36. The number of para-hydroxylation sites is 1. The molecule has 0 aliphatic carbocycles. The molecule has 0 saturated heterocycles. The lowest BCUT2D eigenvalue weighted by Crippen LogP contribution is -2.32. The first-order valence-corrected chi connectivity index (χ1v) is 16.3. The fourth-order valence-corrected chi connectivity index (χ4v) is 7.46. The first-order valence-electron chi connectivity index (χ1n) is 13.3. The van der Waals surface area contributed by atoms with Crippen molar-refractivity contribution in [2.24, 2.45) is 5.10 Å². The molecule has 2 heterocycles. The van der Waals surface area contributed by atoms with Crippen LogP contribution in [0.25, 0.3) is 21.2 Å². The number of sulfonamides is 1. The van der Waals surface area contributed by atoms with Gasteiger partial charge in [-0.3, -0.25) is 9.59 Å². The summed E-state index contributed by atoms with van der Waals surface area (Å²) in [6.45, 7) is 4.68. The SMILES string of the molecule is CCCN(CCC)S(=O)(=O)c1ccc(C(=O)N(/N=C/c2coc3ccccc3c2=O)c2nc3ccc(Br)cc3s2)cc1. The predicted octanol–water partition coefficient (Wildman–Crippen LogP) is 6.66. The fraction of sp³-hybridized carbons (Fsp3) is 0.200. The van der Waals surface area contributed by atoms with E-state index < -0.39 is 15.9 Å². The first-order chi connectivity index (χ1) is 20.2. The molecule has 3 aromatic carbocycles. The van der Waals surface area contributed by atoms with Gasteiger partial charge in [0.1, 0.15) is 11.8 Å². The van der Waals surface area contributed by atoms with Crippen LogP contribution in [0.15, 0.2) is 96.7 Å². The van der Waals surface area contributed by atoms with Crippen molar-refractivity contribution in [3.63, 3.8) is 0 Å². The number of aromatic nitrogens is 1. The number of hydrogen-bond acceptors (Lipinski definition) is 8. The van der Waals surface area contributed by atoms with Crippen molar-refractivity contribution in [2.45, 2.75) is 31.6 Å². The Morgan fingerprint density at radius 2 is 1.76 bits per heavy atom. The summed E-state index contributed by atoms with van der Waals surface area (Å²) in [6.07, 6.45) is 3.95. The number of benzene rings is 3. The van der Waals surface area contributed by atoms with Gasteiger partial charge in [-0.1, -0.05) is 53.2 Å². The standard InChI is InChI=1S/C30H27BrN4O5S2/c1-3-15-34(16-4-2)42(38,39)23-12-9-20(10-13-23)29(37)35(30-33-25-14-11-22(31)17-27(25)41-30)32-18-21-19-40-26-8-6-5-7-24(26)28(21)36/h5-14,17-19H,3-4,15-16H2,1-2H3/b32-18+. The number of carbonyl (C=O) groups is 1. The molecule has 216 valence electrons. The van der Waals surface area contributed by atoms with Crippen molar-refractivity contribution in [2.75, 3.05) is 18.1 Å². The van der Waals surface area contributed by atoms with Gasteiger partial charge < -0.3 is 4.42 Å². The summed E-state index contributed by atoms with van der Waals surface area (Å²) in [7, 11) is -3.71.